The summed E-state index contributed by atoms with van der Waals surface area (Å²) in [6.07, 6.45) is 1.63. The molecule has 3 aliphatic rings. The van der Waals surface area contributed by atoms with E-state index in [1.54, 1.807) is 17.2 Å². The van der Waals surface area contributed by atoms with Crippen LogP contribution in [0.15, 0.2) is 41.3 Å². The van der Waals surface area contributed by atoms with E-state index in [0.717, 1.165) is 25.3 Å². The van der Waals surface area contributed by atoms with Crippen molar-refractivity contribution in [3.8, 4) is 5.69 Å². The summed E-state index contributed by atoms with van der Waals surface area (Å²) in [5.41, 5.74) is 13.1. The van der Waals surface area contributed by atoms with Crippen LogP contribution in [-0.4, -0.2) is 64.1 Å². The lowest BCUT2D eigenvalue weighted by Crippen LogP contribution is -2.54. The van der Waals surface area contributed by atoms with Gasteiger partial charge in [0.2, 0.25) is 0 Å². The fraction of sp³-hybridized carbons (Fsp3) is 0.476. The number of benzene rings is 1. The lowest BCUT2D eigenvalue weighted by Gasteiger charge is -2.38. The van der Waals surface area contributed by atoms with Crippen LogP contribution in [0.3, 0.4) is 0 Å². The Bertz CT molecular complexity index is 987. The van der Waals surface area contributed by atoms with E-state index in [4.69, 9.17) is 11.5 Å². The maximum atomic E-state index is 12.5. The smallest absolute Gasteiger partial charge is 0.330 e. The Morgan fingerprint density at radius 1 is 1.10 bits per heavy atom. The molecular weight excluding hydrogens is 382 g/mol. The zero-order valence-electron chi connectivity index (χ0n) is 16.8. The lowest BCUT2D eigenvalue weighted by atomic mass is 10.0. The first-order valence-electron chi connectivity index (χ1n) is 10.4. The molecule has 2 atom stereocenters. The summed E-state index contributed by atoms with van der Waals surface area (Å²) < 4.78 is 1.47. The van der Waals surface area contributed by atoms with Crippen molar-refractivity contribution in [1.82, 2.24) is 19.4 Å². The lowest BCUT2D eigenvalue weighted by molar-refractivity contribution is 0.135. The summed E-state index contributed by atoms with van der Waals surface area (Å²) in [6.45, 7) is 4.90. The number of carbonyl (C=O) groups excluding carboxylic acids is 1. The molecule has 2 aromatic rings. The van der Waals surface area contributed by atoms with E-state index in [2.05, 4.69) is 15.2 Å². The van der Waals surface area contributed by atoms with Gasteiger partial charge in [-0.05, 0) is 42.1 Å². The molecule has 3 fully saturated rings. The average molecular weight is 409 g/mol. The highest BCUT2D eigenvalue weighted by molar-refractivity contribution is 5.88. The van der Waals surface area contributed by atoms with Crippen molar-refractivity contribution in [3.05, 3.63) is 52.6 Å². The van der Waals surface area contributed by atoms with Crippen LogP contribution in [0, 0.1) is 17.8 Å². The number of carbonyl (C=O) groups is 1. The van der Waals surface area contributed by atoms with Gasteiger partial charge in [-0.1, -0.05) is 12.1 Å². The van der Waals surface area contributed by atoms with Gasteiger partial charge in [-0.25, -0.2) is 9.59 Å². The highest BCUT2D eigenvalue weighted by Crippen LogP contribution is 2.44. The molecule has 2 amide bonds. The molecule has 0 spiro atoms. The molecule has 2 aliphatic heterocycles. The number of piperidine rings is 1. The van der Waals surface area contributed by atoms with Gasteiger partial charge in [-0.15, -0.1) is 0 Å². The molecule has 1 saturated carbocycles. The summed E-state index contributed by atoms with van der Waals surface area (Å²) in [5, 5.41) is 2.67. The molecule has 30 heavy (non-hydrogen) atoms. The summed E-state index contributed by atoms with van der Waals surface area (Å²) in [4.78, 5) is 32.7. The van der Waals surface area contributed by atoms with Crippen molar-refractivity contribution in [2.24, 2.45) is 29.2 Å². The first-order chi connectivity index (χ1) is 14.5. The zero-order chi connectivity index (χ0) is 20.8. The van der Waals surface area contributed by atoms with Gasteiger partial charge in [-0.2, -0.15) is 4.98 Å². The number of hydrogen-bond acceptors (Lipinski definition) is 6. The molecule has 1 aliphatic carbocycles. The van der Waals surface area contributed by atoms with Crippen LogP contribution in [-0.2, 0) is 6.54 Å². The van der Waals surface area contributed by atoms with Crippen molar-refractivity contribution in [1.29, 1.82) is 0 Å². The maximum absolute atomic E-state index is 12.5. The summed E-state index contributed by atoms with van der Waals surface area (Å²) >= 11 is 0. The Balaban J connectivity index is 1.20. The fourth-order valence-electron chi connectivity index (χ4n) is 4.55. The van der Waals surface area contributed by atoms with E-state index in [9.17, 15) is 9.59 Å². The number of fused-ring (bicyclic) bond motifs is 1. The number of likely N-dealkylation sites (tertiary alicyclic amines) is 2. The van der Waals surface area contributed by atoms with E-state index >= 15 is 0 Å². The van der Waals surface area contributed by atoms with Crippen LogP contribution in [0.1, 0.15) is 5.56 Å². The fourth-order valence-corrected chi connectivity index (χ4v) is 4.55. The highest BCUT2D eigenvalue weighted by atomic mass is 16.2. The molecule has 158 valence electrons. The second-order valence-electron chi connectivity index (χ2n) is 8.67. The van der Waals surface area contributed by atoms with Gasteiger partial charge < -0.3 is 16.4 Å². The predicted octanol–water partition coefficient (Wildman–Crippen LogP) is 0.0438. The number of hydrogen-bond donors (Lipinski definition) is 3. The Morgan fingerprint density at radius 3 is 2.43 bits per heavy atom. The first-order valence-corrected chi connectivity index (χ1v) is 10.4. The molecule has 3 heterocycles. The number of urea groups is 1. The largest absolute Gasteiger partial charge is 0.354 e. The normalized spacial score (nSPS) is 25.7. The third kappa shape index (κ3) is 3.60. The predicted molar refractivity (Wildman–Crippen MR) is 113 cm³/mol. The van der Waals surface area contributed by atoms with Gasteiger partial charge in [0.05, 0.1) is 5.69 Å². The molecular formula is C21H27N7O2. The first kappa shape index (κ1) is 19.2. The second kappa shape index (κ2) is 7.50. The van der Waals surface area contributed by atoms with E-state index in [-0.39, 0.29) is 11.8 Å². The Hall–Kier alpha value is -2.75. The van der Waals surface area contributed by atoms with Gasteiger partial charge in [0.25, 0.3) is 0 Å². The number of aromatic nitrogens is 2. The molecule has 1 aromatic carbocycles. The number of nitrogens with zero attached hydrogens (tertiary/aromatic N) is 4. The SMILES string of the molecule is NCC1CN(C(=O)Nc2ccn(-c3ccc(CN4CC5C(N)C5C4)cc3)c(=O)n2)C1. The van der Waals surface area contributed by atoms with Gasteiger partial charge >= 0.3 is 11.7 Å². The topological polar surface area (TPSA) is 123 Å². The van der Waals surface area contributed by atoms with E-state index < -0.39 is 5.69 Å². The van der Waals surface area contributed by atoms with Crippen molar-refractivity contribution in [2.75, 3.05) is 38.0 Å². The minimum absolute atomic E-state index is 0.250. The van der Waals surface area contributed by atoms with Crippen molar-refractivity contribution in [3.63, 3.8) is 0 Å². The molecule has 9 heteroatoms. The van der Waals surface area contributed by atoms with Crippen LogP contribution < -0.4 is 22.5 Å². The van der Waals surface area contributed by atoms with Crippen LogP contribution in [0.4, 0.5) is 10.6 Å². The van der Waals surface area contributed by atoms with Crippen LogP contribution in [0.2, 0.25) is 0 Å². The van der Waals surface area contributed by atoms with Crippen LogP contribution in [0.25, 0.3) is 5.69 Å². The van der Waals surface area contributed by atoms with Gasteiger partial charge in [0, 0.05) is 50.9 Å². The number of nitrogens with one attached hydrogen (secondary N) is 1. The van der Waals surface area contributed by atoms with Crippen LogP contribution >= 0.6 is 0 Å². The van der Waals surface area contributed by atoms with E-state index in [1.165, 1.54) is 10.1 Å². The highest BCUT2D eigenvalue weighted by Gasteiger charge is 2.53. The van der Waals surface area contributed by atoms with E-state index in [1.807, 2.05) is 24.3 Å². The van der Waals surface area contributed by atoms with Crippen LogP contribution in [0.5, 0.6) is 0 Å². The summed E-state index contributed by atoms with van der Waals surface area (Å²) in [7, 11) is 0. The molecule has 0 bridgehead atoms. The molecule has 2 saturated heterocycles. The molecule has 5 N–H and O–H groups in total. The third-order valence-corrected chi connectivity index (χ3v) is 6.57. The number of rotatable bonds is 5. The molecule has 5 rings (SSSR count). The minimum atomic E-state index is -0.433. The van der Waals surface area contributed by atoms with E-state index in [0.29, 0.717) is 43.4 Å². The molecule has 2 unspecified atom stereocenters. The van der Waals surface area contributed by atoms with Crippen molar-refractivity contribution >= 4 is 11.8 Å². The maximum Gasteiger partial charge on any atom is 0.354 e. The molecule has 0 radical (unpaired) electrons. The van der Waals surface area contributed by atoms with Crippen molar-refractivity contribution in [2.45, 2.75) is 12.6 Å². The second-order valence-corrected chi connectivity index (χ2v) is 8.67. The summed E-state index contributed by atoms with van der Waals surface area (Å²) in [5.74, 6) is 1.96. The van der Waals surface area contributed by atoms with Crippen molar-refractivity contribution < 1.29 is 4.79 Å². The van der Waals surface area contributed by atoms with Gasteiger partial charge in [-0.3, -0.25) is 14.8 Å². The number of amides is 2. The third-order valence-electron chi connectivity index (χ3n) is 6.57. The molecule has 9 nitrogen and oxygen atoms in total. The Kier molecular flexibility index (Phi) is 4.80. The number of nitrogens with two attached hydrogens (primary N) is 2. The Morgan fingerprint density at radius 2 is 1.80 bits per heavy atom. The minimum Gasteiger partial charge on any atom is -0.330 e. The summed E-state index contributed by atoms with van der Waals surface area (Å²) in [6, 6.07) is 9.71. The van der Waals surface area contributed by atoms with Gasteiger partial charge in [0.15, 0.2) is 0 Å². The zero-order valence-corrected chi connectivity index (χ0v) is 16.8. The monoisotopic (exact) mass is 409 g/mol. The quantitative estimate of drug-likeness (QED) is 0.641. The standard InChI is InChI=1S/C21H27N7O2/c22-7-14-9-27(10-14)20(29)24-18-5-6-28(21(30)25-18)15-3-1-13(2-4-15)8-26-11-16-17(12-26)19(16)23/h1-6,14,16-17,19H,7-12,22-23H2,(H,24,25,29,30). The van der Waals surface area contributed by atoms with Gasteiger partial charge in [0.1, 0.15) is 5.82 Å². The number of anilines is 1. The Labute approximate surface area is 174 Å². The average Bonchev–Trinajstić information content (AvgIpc) is 3.09. The molecule has 1 aromatic heterocycles.